The molecule has 3 aliphatic carbocycles. The Morgan fingerprint density at radius 2 is 1.52 bits per heavy atom. The fourth-order valence-electron chi connectivity index (χ4n) is 5.60. The van der Waals surface area contributed by atoms with Crippen LogP contribution in [0.25, 0.3) is 0 Å². The highest BCUT2D eigenvalue weighted by atomic mass is 14.3. The van der Waals surface area contributed by atoms with E-state index in [1.54, 1.807) is 0 Å². The first-order chi connectivity index (χ1) is 12.3. The van der Waals surface area contributed by atoms with E-state index in [1.165, 1.54) is 77.0 Å². The first-order valence-electron chi connectivity index (χ1n) is 11.3. The molecule has 0 radical (unpaired) electrons. The maximum absolute atomic E-state index is 3.98. The normalized spacial score (nSPS) is 39.6. The molecule has 0 nitrogen and oxygen atoms in total. The van der Waals surface area contributed by atoms with Gasteiger partial charge >= 0.3 is 0 Å². The van der Waals surface area contributed by atoms with E-state index in [0.29, 0.717) is 5.92 Å². The molecule has 2 atom stereocenters. The zero-order chi connectivity index (χ0) is 17.5. The number of hydrogen-bond acceptors (Lipinski definition) is 0. The molecule has 0 saturated heterocycles. The summed E-state index contributed by atoms with van der Waals surface area (Å²) in [5.74, 6) is 5.22. The molecular formula is C25H40. The Morgan fingerprint density at radius 1 is 0.800 bits per heavy atom. The summed E-state index contributed by atoms with van der Waals surface area (Å²) in [6, 6.07) is 0. The monoisotopic (exact) mass is 340 g/mol. The van der Waals surface area contributed by atoms with Gasteiger partial charge in [-0.25, -0.2) is 0 Å². The van der Waals surface area contributed by atoms with Crippen molar-refractivity contribution in [2.45, 2.75) is 84.0 Å². The highest BCUT2D eigenvalue weighted by Gasteiger charge is 2.27. The Labute approximate surface area is 156 Å². The van der Waals surface area contributed by atoms with E-state index in [-0.39, 0.29) is 0 Å². The molecule has 2 saturated carbocycles. The van der Waals surface area contributed by atoms with Gasteiger partial charge in [0.15, 0.2) is 0 Å². The van der Waals surface area contributed by atoms with Gasteiger partial charge in [-0.2, -0.15) is 0 Å². The van der Waals surface area contributed by atoms with Crippen molar-refractivity contribution in [1.82, 2.24) is 0 Å². The molecule has 0 heterocycles. The lowest BCUT2D eigenvalue weighted by molar-refractivity contribution is 0.235. The van der Waals surface area contributed by atoms with E-state index < -0.39 is 0 Å². The molecule has 0 aliphatic heterocycles. The molecule has 2 fully saturated rings. The average Bonchev–Trinajstić information content (AvgIpc) is 2.68. The van der Waals surface area contributed by atoms with Crippen LogP contribution in [0, 0.1) is 35.5 Å². The van der Waals surface area contributed by atoms with Crippen LogP contribution < -0.4 is 0 Å². The summed E-state index contributed by atoms with van der Waals surface area (Å²) >= 11 is 0. The molecule has 0 amide bonds. The van der Waals surface area contributed by atoms with E-state index in [4.69, 9.17) is 0 Å². The van der Waals surface area contributed by atoms with Crippen molar-refractivity contribution >= 4 is 0 Å². The minimum Gasteiger partial charge on any atom is -0.103 e. The Bertz CT molecular complexity index is 441. The second kappa shape index (κ2) is 9.79. The van der Waals surface area contributed by atoms with Crippen LogP contribution in [0.3, 0.4) is 0 Å². The van der Waals surface area contributed by atoms with Gasteiger partial charge in [-0.05, 0) is 99.7 Å². The van der Waals surface area contributed by atoms with Crippen LogP contribution in [0.4, 0.5) is 0 Å². The summed E-state index contributed by atoms with van der Waals surface area (Å²) < 4.78 is 0. The third-order valence-corrected chi connectivity index (χ3v) is 7.41. The maximum Gasteiger partial charge on any atom is -0.00531 e. The fourth-order valence-corrected chi connectivity index (χ4v) is 5.60. The van der Waals surface area contributed by atoms with Crippen LogP contribution in [-0.2, 0) is 0 Å². The first kappa shape index (κ1) is 19.0. The van der Waals surface area contributed by atoms with Crippen LogP contribution in [0.15, 0.2) is 37.0 Å². The molecule has 0 aromatic rings. The molecule has 0 aromatic carbocycles. The largest absolute Gasteiger partial charge is 0.103 e. The summed E-state index contributed by atoms with van der Waals surface area (Å²) in [7, 11) is 0. The fraction of sp³-hybridized carbons (Fsp3) is 0.760. The lowest BCUT2D eigenvalue weighted by atomic mass is 9.72. The zero-order valence-electron chi connectivity index (χ0n) is 16.5. The summed E-state index contributed by atoms with van der Waals surface area (Å²) in [5.41, 5.74) is 0. The van der Waals surface area contributed by atoms with Crippen molar-refractivity contribution in [3.8, 4) is 0 Å². The van der Waals surface area contributed by atoms with Crippen LogP contribution in [-0.4, -0.2) is 0 Å². The zero-order valence-corrected chi connectivity index (χ0v) is 16.5. The summed E-state index contributed by atoms with van der Waals surface area (Å²) in [5, 5.41) is 0. The Balaban J connectivity index is 1.40. The third kappa shape index (κ3) is 5.60. The smallest absolute Gasteiger partial charge is 0.00531 e. The van der Waals surface area contributed by atoms with Crippen molar-refractivity contribution in [2.75, 3.05) is 0 Å². The van der Waals surface area contributed by atoms with Crippen LogP contribution >= 0.6 is 0 Å². The lowest BCUT2D eigenvalue weighted by Crippen LogP contribution is -2.22. The molecule has 25 heavy (non-hydrogen) atoms. The standard InChI is InChI=1S/C25H40/c1-3-5-21-6-8-22(9-7-21)10-11-23-14-18-25(19-15-23)24-16-12-20(4-2)13-17-24/h4,10-11,14,18,20-25H,2-3,5-9,12-13,15-17,19H2,1H3. The van der Waals surface area contributed by atoms with E-state index in [0.717, 1.165) is 29.6 Å². The van der Waals surface area contributed by atoms with Crippen LogP contribution in [0.5, 0.6) is 0 Å². The topological polar surface area (TPSA) is 0 Å². The van der Waals surface area contributed by atoms with Gasteiger partial charge < -0.3 is 0 Å². The van der Waals surface area contributed by atoms with Crippen molar-refractivity contribution in [3.63, 3.8) is 0 Å². The number of allylic oxidation sites excluding steroid dienone is 5. The van der Waals surface area contributed by atoms with Crippen LogP contribution in [0.1, 0.15) is 84.0 Å². The van der Waals surface area contributed by atoms with Gasteiger partial charge in [0.05, 0.1) is 0 Å². The van der Waals surface area contributed by atoms with Gasteiger partial charge in [0, 0.05) is 0 Å². The van der Waals surface area contributed by atoms with Gasteiger partial charge in [-0.1, -0.05) is 50.1 Å². The molecule has 2 unspecified atom stereocenters. The number of rotatable bonds is 6. The maximum atomic E-state index is 3.98. The van der Waals surface area contributed by atoms with Gasteiger partial charge in [-0.3, -0.25) is 0 Å². The van der Waals surface area contributed by atoms with E-state index in [2.05, 4.69) is 43.9 Å². The van der Waals surface area contributed by atoms with Crippen molar-refractivity contribution in [2.24, 2.45) is 35.5 Å². The molecule has 0 N–H and O–H groups in total. The third-order valence-electron chi connectivity index (χ3n) is 7.41. The van der Waals surface area contributed by atoms with E-state index in [9.17, 15) is 0 Å². The average molecular weight is 341 g/mol. The highest BCUT2D eigenvalue weighted by Crippen LogP contribution is 2.39. The SMILES string of the molecule is C=CC1CCC(C2C=CC(C=CC3CCC(CCC)CC3)CC2)CC1. The summed E-state index contributed by atoms with van der Waals surface area (Å²) in [4.78, 5) is 0. The van der Waals surface area contributed by atoms with Gasteiger partial charge in [-0.15, -0.1) is 6.58 Å². The highest BCUT2D eigenvalue weighted by molar-refractivity contribution is 5.08. The molecule has 0 bridgehead atoms. The summed E-state index contributed by atoms with van der Waals surface area (Å²) in [6.07, 6.45) is 29.5. The lowest BCUT2D eigenvalue weighted by Gasteiger charge is -2.34. The quantitative estimate of drug-likeness (QED) is 0.434. The minimum absolute atomic E-state index is 0.717. The van der Waals surface area contributed by atoms with Crippen LogP contribution in [0.2, 0.25) is 0 Å². The van der Waals surface area contributed by atoms with E-state index >= 15 is 0 Å². The minimum atomic E-state index is 0.717. The second-order valence-corrected chi connectivity index (χ2v) is 9.15. The molecular weight excluding hydrogens is 300 g/mol. The molecule has 0 heteroatoms. The molecule has 0 aromatic heterocycles. The Morgan fingerprint density at radius 3 is 2.12 bits per heavy atom. The Hall–Kier alpha value is -0.780. The molecule has 3 rings (SSSR count). The number of hydrogen-bond donors (Lipinski definition) is 0. The Kier molecular flexibility index (Phi) is 7.44. The van der Waals surface area contributed by atoms with Gasteiger partial charge in [0.1, 0.15) is 0 Å². The van der Waals surface area contributed by atoms with Gasteiger partial charge in [0.2, 0.25) is 0 Å². The van der Waals surface area contributed by atoms with E-state index in [1.807, 2.05) is 0 Å². The van der Waals surface area contributed by atoms with Gasteiger partial charge in [0.25, 0.3) is 0 Å². The molecule has 140 valence electrons. The second-order valence-electron chi connectivity index (χ2n) is 9.15. The predicted molar refractivity (Wildman–Crippen MR) is 110 cm³/mol. The van der Waals surface area contributed by atoms with Crippen molar-refractivity contribution in [1.29, 1.82) is 0 Å². The predicted octanol–water partition coefficient (Wildman–Crippen LogP) is 7.72. The van der Waals surface area contributed by atoms with Crippen molar-refractivity contribution in [3.05, 3.63) is 37.0 Å². The first-order valence-corrected chi connectivity index (χ1v) is 11.3. The van der Waals surface area contributed by atoms with Crippen molar-refractivity contribution < 1.29 is 0 Å². The molecule has 0 spiro atoms. The molecule has 3 aliphatic rings. The summed E-state index contributed by atoms with van der Waals surface area (Å²) in [6.45, 7) is 6.32.